The first-order chi connectivity index (χ1) is 8.85. The van der Waals surface area contributed by atoms with Crippen LogP contribution in [0.25, 0.3) is 0 Å². The van der Waals surface area contributed by atoms with Crippen molar-refractivity contribution in [1.82, 2.24) is 4.90 Å². The zero-order valence-electron chi connectivity index (χ0n) is 10.5. The van der Waals surface area contributed by atoms with E-state index in [-0.39, 0.29) is 6.10 Å². The molecule has 0 spiro atoms. The number of likely N-dealkylation sites (tertiary alicyclic amines) is 1. The number of rotatable bonds is 4. The van der Waals surface area contributed by atoms with Gasteiger partial charge in [-0.3, -0.25) is 4.79 Å². The molecular formula is C15H19NO2. The summed E-state index contributed by atoms with van der Waals surface area (Å²) in [7, 11) is 0. The Morgan fingerprint density at radius 1 is 1.06 bits per heavy atom. The fraction of sp³-hybridized carbons (Fsp3) is 0.533. The van der Waals surface area contributed by atoms with Gasteiger partial charge in [0.2, 0.25) is 6.41 Å². The molecule has 96 valence electrons. The number of benzene rings is 1. The van der Waals surface area contributed by atoms with Crippen LogP contribution >= 0.6 is 0 Å². The van der Waals surface area contributed by atoms with Crippen molar-refractivity contribution in [3.05, 3.63) is 29.8 Å². The zero-order valence-corrected chi connectivity index (χ0v) is 10.5. The largest absolute Gasteiger partial charge is 0.490 e. The van der Waals surface area contributed by atoms with Gasteiger partial charge in [-0.2, -0.15) is 0 Å². The molecule has 2 fully saturated rings. The van der Waals surface area contributed by atoms with E-state index in [0.29, 0.717) is 0 Å². The van der Waals surface area contributed by atoms with Crippen LogP contribution < -0.4 is 4.74 Å². The normalized spacial score (nSPS) is 20.8. The van der Waals surface area contributed by atoms with Gasteiger partial charge in [0.25, 0.3) is 0 Å². The van der Waals surface area contributed by atoms with Crippen LogP contribution in [0.1, 0.15) is 37.2 Å². The summed E-state index contributed by atoms with van der Waals surface area (Å²) in [6.07, 6.45) is 5.73. The van der Waals surface area contributed by atoms with E-state index in [2.05, 4.69) is 24.3 Å². The Hall–Kier alpha value is -1.51. The van der Waals surface area contributed by atoms with E-state index < -0.39 is 0 Å². The third kappa shape index (κ3) is 2.66. The molecule has 0 N–H and O–H groups in total. The SMILES string of the molecule is O=CN1CCC(Oc2ccc(C3CC3)cc2)CC1. The molecule has 1 aliphatic heterocycles. The number of hydrogen-bond acceptors (Lipinski definition) is 2. The highest BCUT2D eigenvalue weighted by atomic mass is 16.5. The molecule has 3 heteroatoms. The summed E-state index contributed by atoms with van der Waals surface area (Å²) in [5.74, 6) is 1.76. The van der Waals surface area contributed by atoms with Gasteiger partial charge in [0.15, 0.2) is 0 Å². The molecular weight excluding hydrogens is 226 g/mol. The second-order valence-electron chi connectivity index (χ2n) is 5.30. The summed E-state index contributed by atoms with van der Waals surface area (Å²) >= 11 is 0. The highest BCUT2D eigenvalue weighted by molar-refractivity contribution is 5.47. The number of carbonyl (C=O) groups excluding carboxylic acids is 1. The Morgan fingerprint density at radius 2 is 1.72 bits per heavy atom. The molecule has 0 aromatic heterocycles. The number of amides is 1. The van der Waals surface area contributed by atoms with Crippen molar-refractivity contribution in [2.75, 3.05) is 13.1 Å². The van der Waals surface area contributed by atoms with E-state index in [1.165, 1.54) is 18.4 Å². The van der Waals surface area contributed by atoms with Crippen LogP contribution in [0.4, 0.5) is 0 Å². The van der Waals surface area contributed by atoms with Gasteiger partial charge in [0.1, 0.15) is 11.9 Å². The second kappa shape index (κ2) is 5.01. The zero-order chi connectivity index (χ0) is 12.4. The Balaban J connectivity index is 1.54. The molecule has 1 heterocycles. The molecule has 18 heavy (non-hydrogen) atoms. The Morgan fingerprint density at radius 3 is 2.28 bits per heavy atom. The Kier molecular flexibility index (Phi) is 3.22. The first kappa shape index (κ1) is 11.6. The van der Waals surface area contributed by atoms with Crippen molar-refractivity contribution in [1.29, 1.82) is 0 Å². The average molecular weight is 245 g/mol. The molecule has 1 amide bonds. The standard InChI is InChI=1S/C15H19NO2/c17-11-16-9-7-15(8-10-16)18-14-5-3-13(4-6-14)12-1-2-12/h3-6,11-12,15H,1-2,7-10H2. The highest BCUT2D eigenvalue weighted by Gasteiger charge is 2.23. The fourth-order valence-electron chi connectivity index (χ4n) is 2.53. The maximum absolute atomic E-state index is 10.6. The van der Waals surface area contributed by atoms with Gasteiger partial charge in [-0.05, 0) is 36.5 Å². The predicted octanol–water partition coefficient (Wildman–Crippen LogP) is 2.56. The minimum absolute atomic E-state index is 0.257. The van der Waals surface area contributed by atoms with Crippen LogP contribution in [0.2, 0.25) is 0 Å². The Labute approximate surface area is 108 Å². The first-order valence-corrected chi connectivity index (χ1v) is 6.81. The number of hydrogen-bond donors (Lipinski definition) is 0. The number of nitrogens with zero attached hydrogens (tertiary/aromatic N) is 1. The maximum Gasteiger partial charge on any atom is 0.209 e. The van der Waals surface area contributed by atoms with Gasteiger partial charge < -0.3 is 9.64 Å². The smallest absolute Gasteiger partial charge is 0.209 e. The molecule has 1 aliphatic carbocycles. The number of ether oxygens (including phenoxy) is 1. The monoisotopic (exact) mass is 245 g/mol. The third-order valence-electron chi connectivity index (χ3n) is 3.86. The lowest BCUT2D eigenvalue weighted by molar-refractivity contribution is -0.119. The van der Waals surface area contributed by atoms with Crippen LogP contribution in [-0.4, -0.2) is 30.5 Å². The summed E-state index contributed by atoms with van der Waals surface area (Å²) in [6.45, 7) is 1.63. The highest BCUT2D eigenvalue weighted by Crippen LogP contribution is 2.40. The topological polar surface area (TPSA) is 29.5 Å². The van der Waals surface area contributed by atoms with E-state index in [0.717, 1.165) is 44.0 Å². The molecule has 1 aromatic rings. The molecule has 0 radical (unpaired) electrons. The lowest BCUT2D eigenvalue weighted by atomic mass is 10.1. The van der Waals surface area contributed by atoms with Gasteiger partial charge in [-0.15, -0.1) is 0 Å². The lowest BCUT2D eigenvalue weighted by Gasteiger charge is -2.29. The summed E-state index contributed by atoms with van der Waals surface area (Å²) in [4.78, 5) is 12.4. The molecule has 2 aliphatic rings. The average Bonchev–Trinajstić information content (AvgIpc) is 3.25. The molecule has 0 atom stereocenters. The van der Waals surface area contributed by atoms with E-state index >= 15 is 0 Å². The van der Waals surface area contributed by atoms with Crippen molar-refractivity contribution < 1.29 is 9.53 Å². The second-order valence-corrected chi connectivity index (χ2v) is 5.30. The summed E-state index contributed by atoms with van der Waals surface area (Å²) in [5.41, 5.74) is 1.44. The number of piperidine rings is 1. The van der Waals surface area contributed by atoms with E-state index in [1.807, 2.05) is 4.90 Å². The summed E-state index contributed by atoms with van der Waals surface area (Å²) < 4.78 is 5.96. The Bertz CT molecular complexity index is 403. The molecule has 3 rings (SSSR count). The fourth-order valence-corrected chi connectivity index (χ4v) is 2.53. The summed E-state index contributed by atoms with van der Waals surface area (Å²) in [6, 6.07) is 8.54. The van der Waals surface area contributed by atoms with Gasteiger partial charge in [0.05, 0.1) is 0 Å². The van der Waals surface area contributed by atoms with Gasteiger partial charge in [-0.1, -0.05) is 12.1 Å². The molecule has 0 bridgehead atoms. The number of carbonyl (C=O) groups is 1. The van der Waals surface area contributed by atoms with Crippen molar-refractivity contribution in [2.24, 2.45) is 0 Å². The van der Waals surface area contributed by atoms with Crippen LogP contribution in [0, 0.1) is 0 Å². The molecule has 1 saturated carbocycles. The van der Waals surface area contributed by atoms with Crippen LogP contribution in [0.5, 0.6) is 5.75 Å². The van der Waals surface area contributed by atoms with Crippen LogP contribution in [-0.2, 0) is 4.79 Å². The predicted molar refractivity (Wildman–Crippen MR) is 69.7 cm³/mol. The van der Waals surface area contributed by atoms with Crippen molar-refractivity contribution in [3.63, 3.8) is 0 Å². The molecule has 0 unspecified atom stereocenters. The molecule has 3 nitrogen and oxygen atoms in total. The van der Waals surface area contributed by atoms with Gasteiger partial charge in [-0.25, -0.2) is 0 Å². The first-order valence-electron chi connectivity index (χ1n) is 6.81. The maximum atomic E-state index is 10.6. The van der Waals surface area contributed by atoms with Gasteiger partial charge in [0, 0.05) is 25.9 Å². The van der Waals surface area contributed by atoms with Crippen LogP contribution in [0.3, 0.4) is 0 Å². The van der Waals surface area contributed by atoms with Crippen molar-refractivity contribution >= 4 is 6.41 Å². The lowest BCUT2D eigenvalue weighted by Crippen LogP contribution is -2.37. The molecule has 1 saturated heterocycles. The van der Waals surface area contributed by atoms with E-state index in [9.17, 15) is 4.79 Å². The minimum atomic E-state index is 0.257. The minimum Gasteiger partial charge on any atom is -0.490 e. The van der Waals surface area contributed by atoms with Crippen molar-refractivity contribution in [3.8, 4) is 5.75 Å². The van der Waals surface area contributed by atoms with Crippen LogP contribution in [0.15, 0.2) is 24.3 Å². The summed E-state index contributed by atoms with van der Waals surface area (Å²) in [5, 5.41) is 0. The quantitative estimate of drug-likeness (QED) is 0.763. The third-order valence-corrected chi connectivity index (χ3v) is 3.86. The van der Waals surface area contributed by atoms with Crippen molar-refractivity contribution in [2.45, 2.75) is 37.7 Å². The van der Waals surface area contributed by atoms with Gasteiger partial charge >= 0.3 is 0 Å². The van der Waals surface area contributed by atoms with E-state index in [4.69, 9.17) is 4.74 Å². The van der Waals surface area contributed by atoms with E-state index in [1.54, 1.807) is 0 Å². The molecule has 1 aromatic carbocycles.